The van der Waals surface area contributed by atoms with Crippen molar-refractivity contribution in [3.05, 3.63) is 5.82 Å². The second kappa shape index (κ2) is 1.79. The molecule has 1 aromatic rings. The van der Waals surface area contributed by atoms with Crippen LogP contribution in [0.5, 0.6) is 0 Å². The number of nitrogens with one attached hydrogen (secondary N) is 2. The Bertz CT molecular complexity index is 246. The zero-order chi connectivity index (χ0) is 7.26. The molecule has 1 aliphatic carbocycles. The molecule has 0 aromatic carbocycles. The molecular formula is C6H9N5. The standard InChI is InChI=1S/C6H9N5/c1-3-4(2-7-1)5(3)6-8-10-11-9-6/h3-5,7H,1-2H2,(H,8,9,10,11). The summed E-state index contributed by atoms with van der Waals surface area (Å²) in [5.41, 5.74) is 0. The minimum atomic E-state index is 0.593. The van der Waals surface area contributed by atoms with Crippen LogP contribution in [-0.2, 0) is 0 Å². The largest absolute Gasteiger partial charge is 0.316 e. The van der Waals surface area contributed by atoms with E-state index >= 15 is 0 Å². The molecule has 58 valence electrons. The van der Waals surface area contributed by atoms with E-state index in [1.807, 2.05) is 0 Å². The van der Waals surface area contributed by atoms with Crippen LogP contribution in [0.2, 0.25) is 0 Å². The van der Waals surface area contributed by atoms with Crippen molar-refractivity contribution in [1.29, 1.82) is 0 Å². The molecule has 0 bridgehead atoms. The van der Waals surface area contributed by atoms with E-state index in [2.05, 4.69) is 25.9 Å². The van der Waals surface area contributed by atoms with E-state index in [4.69, 9.17) is 0 Å². The van der Waals surface area contributed by atoms with Crippen LogP contribution in [0.1, 0.15) is 11.7 Å². The first-order valence-corrected chi connectivity index (χ1v) is 3.91. The lowest BCUT2D eigenvalue weighted by Gasteiger charge is -1.97. The summed E-state index contributed by atoms with van der Waals surface area (Å²) in [6, 6.07) is 0. The van der Waals surface area contributed by atoms with Gasteiger partial charge in [-0.25, -0.2) is 0 Å². The average Bonchev–Trinajstić information content (AvgIpc) is 2.57. The minimum Gasteiger partial charge on any atom is -0.316 e. The topological polar surface area (TPSA) is 66.5 Å². The number of tetrazole rings is 1. The molecule has 2 heterocycles. The maximum absolute atomic E-state index is 3.99. The van der Waals surface area contributed by atoms with Gasteiger partial charge in [0, 0.05) is 5.92 Å². The Hall–Kier alpha value is -0.970. The van der Waals surface area contributed by atoms with E-state index in [-0.39, 0.29) is 0 Å². The van der Waals surface area contributed by atoms with Crippen LogP contribution in [0, 0.1) is 11.8 Å². The van der Waals surface area contributed by atoms with Gasteiger partial charge in [0.15, 0.2) is 5.82 Å². The molecule has 1 saturated carbocycles. The molecule has 1 saturated heterocycles. The SMILES string of the molecule is C1NCC2C1C2c1nn[nH]n1. The maximum Gasteiger partial charge on any atom is 0.178 e. The molecule has 5 nitrogen and oxygen atoms in total. The summed E-state index contributed by atoms with van der Waals surface area (Å²) in [4.78, 5) is 0. The first-order chi connectivity index (χ1) is 5.47. The number of rotatable bonds is 1. The van der Waals surface area contributed by atoms with E-state index in [1.165, 1.54) is 0 Å². The first-order valence-electron chi connectivity index (χ1n) is 3.91. The summed E-state index contributed by atoms with van der Waals surface area (Å²) < 4.78 is 0. The van der Waals surface area contributed by atoms with Crippen molar-refractivity contribution in [1.82, 2.24) is 25.9 Å². The van der Waals surface area contributed by atoms with Gasteiger partial charge in [0.25, 0.3) is 0 Å². The molecule has 5 heteroatoms. The molecule has 2 unspecified atom stereocenters. The predicted molar refractivity (Wildman–Crippen MR) is 36.8 cm³/mol. The molecule has 2 fully saturated rings. The van der Waals surface area contributed by atoms with Gasteiger partial charge in [0.1, 0.15) is 0 Å². The van der Waals surface area contributed by atoms with Crippen LogP contribution in [0.15, 0.2) is 0 Å². The third kappa shape index (κ3) is 0.659. The summed E-state index contributed by atoms with van der Waals surface area (Å²) >= 11 is 0. The van der Waals surface area contributed by atoms with Gasteiger partial charge in [0.05, 0.1) is 0 Å². The molecule has 11 heavy (non-hydrogen) atoms. The van der Waals surface area contributed by atoms with Crippen molar-refractivity contribution in [3.8, 4) is 0 Å². The first kappa shape index (κ1) is 5.65. The molecule has 2 aliphatic rings. The highest BCUT2D eigenvalue weighted by Gasteiger charge is 2.55. The number of nitrogens with zero attached hydrogens (tertiary/aromatic N) is 3. The fourth-order valence-corrected chi connectivity index (χ4v) is 2.11. The van der Waals surface area contributed by atoms with E-state index in [0.29, 0.717) is 5.92 Å². The molecule has 3 rings (SSSR count). The fourth-order valence-electron chi connectivity index (χ4n) is 2.11. The number of fused-ring (bicyclic) bond motifs is 1. The Labute approximate surface area is 63.6 Å². The third-order valence-electron chi connectivity index (χ3n) is 2.75. The Morgan fingerprint density at radius 3 is 2.73 bits per heavy atom. The van der Waals surface area contributed by atoms with Crippen LogP contribution < -0.4 is 5.32 Å². The Kier molecular flexibility index (Phi) is 0.920. The number of aromatic amines is 1. The number of hydrogen-bond acceptors (Lipinski definition) is 4. The van der Waals surface area contributed by atoms with E-state index in [1.54, 1.807) is 0 Å². The number of piperidine rings is 1. The highest BCUT2D eigenvalue weighted by molar-refractivity contribution is 5.17. The van der Waals surface area contributed by atoms with Gasteiger partial charge in [-0.1, -0.05) is 5.21 Å². The van der Waals surface area contributed by atoms with Gasteiger partial charge in [-0.3, -0.25) is 0 Å². The molecule has 1 aromatic heterocycles. The quantitative estimate of drug-likeness (QED) is 0.547. The molecular weight excluding hydrogens is 142 g/mol. The maximum atomic E-state index is 3.99. The Balaban J connectivity index is 1.85. The van der Waals surface area contributed by atoms with E-state index in [0.717, 1.165) is 30.7 Å². The lowest BCUT2D eigenvalue weighted by Crippen LogP contribution is -2.14. The zero-order valence-electron chi connectivity index (χ0n) is 5.99. The monoisotopic (exact) mass is 151 g/mol. The third-order valence-corrected chi connectivity index (χ3v) is 2.75. The zero-order valence-corrected chi connectivity index (χ0v) is 5.99. The normalized spacial score (nSPS) is 40.5. The molecule has 2 atom stereocenters. The summed E-state index contributed by atoms with van der Waals surface area (Å²) in [5.74, 6) is 3.07. The molecule has 0 radical (unpaired) electrons. The van der Waals surface area contributed by atoms with Gasteiger partial charge in [-0.2, -0.15) is 5.21 Å². The van der Waals surface area contributed by atoms with Gasteiger partial charge < -0.3 is 5.32 Å². The van der Waals surface area contributed by atoms with Gasteiger partial charge >= 0.3 is 0 Å². The smallest absolute Gasteiger partial charge is 0.178 e. The van der Waals surface area contributed by atoms with Gasteiger partial charge in [-0.15, -0.1) is 10.2 Å². The fraction of sp³-hybridized carbons (Fsp3) is 0.833. The Morgan fingerprint density at radius 2 is 2.09 bits per heavy atom. The van der Waals surface area contributed by atoms with Crippen molar-refractivity contribution in [2.45, 2.75) is 5.92 Å². The van der Waals surface area contributed by atoms with E-state index in [9.17, 15) is 0 Å². The molecule has 2 N–H and O–H groups in total. The summed E-state index contributed by atoms with van der Waals surface area (Å²) in [5, 5.41) is 17.3. The number of aromatic nitrogens is 4. The minimum absolute atomic E-state index is 0.593. The van der Waals surface area contributed by atoms with Crippen LogP contribution in [0.25, 0.3) is 0 Å². The lowest BCUT2D eigenvalue weighted by atomic mass is 10.3. The highest BCUT2D eigenvalue weighted by Crippen LogP contribution is 2.54. The predicted octanol–water partition coefficient (Wildman–Crippen LogP) is -0.868. The number of H-pyrrole nitrogens is 1. The average molecular weight is 151 g/mol. The van der Waals surface area contributed by atoms with E-state index < -0.39 is 0 Å². The molecule has 0 spiro atoms. The van der Waals surface area contributed by atoms with Crippen molar-refractivity contribution >= 4 is 0 Å². The Morgan fingerprint density at radius 1 is 1.27 bits per heavy atom. The van der Waals surface area contributed by atoms with Crippen LogP contribution in [-0.4, -0.2) is 33.7 Å². The van der Waals surface area contributed by atoms with Crippen molar-refractivity contribution < 1.29 is 0 Å². The molecule has 0 amide bonds. The molecule has 1 aliphatic heterocycles. The van der Waals surface area contributed by atoms with Crippen molar-refractivity contribution in [2.75, 3.05) is 13.1 Å². The van der Waals surface area contributed by atoms with Crippen LogP contribution in [0.4, 0.5) is 0 Å². The second-order valence-electron chi connectivity index (χ2n) is 3.28. The van der Waals surface area contributed by atoms with Crippen LogP contribution >= 0.6 is 0 Å². The highest BCUT2D eigenvalue weighted by atomic mass is 15.5. The second-order valence-corrected chi connectivity index (χ2v) is 3.28. The van der Waals surface area contributed by atoms with Gasteiger partial charge in [-0.05, 0) is 24.9 Å². The number of hydrogen-bond donors (Lipinski definition) is 2. The van der Waals surface area contributed by atoms with Crippen molar-refractivity contribution in [3.63, 3.8) is 0 Å². The lowest BCUT2D eigenvalue weighted by molar-refractivity contribution is 0.662. The van der Waals surface area contributed by atoms with Crippen LogP contribution in [0.3, 0.4) is 0 Å². The summed E-state index contributed by atoms with van der Waals surface area (Å²) in [7, 11) is 0. The van der Waals surface area contributed by atoms with Crippen molar-refractivity contribution in [2.24, 2.45) is 11.8 Å². The summed E-state index contributed by atoms with van der Waals surface area (Å²) in [6.45, 7) is 2.26. The summed E-state index contributed by atoms with van der Waals surface area (Å²) in [6.07, 6.45) is 0. The van der Waals surface area contributed by atoms with Gasteiger partial charge in [0.2, 0.25) is 0 Å².